The summed E-state index contributed by atoms with van der Waals surface area (Å²) < 4.78 is 1.49. The van der Waals surface area contributed by atoms with Crippen molar-refractivity contribution in [2.75, 3.05) is 18.9 Å². The van der Waals surface area contributed by atoms with Crippen LogP contribution in [0, 0.1) is 5.92 Å². The number of benzene rings is 1. The summed E-state index contributed by atoms with van der Waals surface area (Å²) in [6, 6.07) is 6.56. The molecule has 2 N–H and O–H groups in total. The summed E-state index contributed by atoms with van der Waals surface area (Å²) in [5.41, 5.74) is 1.35. The molecule has 22 heavy (non-hydrogen) atoms. The van der Waals surface area contributed by atoms with E-state index in [2.05, 4.69) is 20.8 Å². The lowest BCUT2D eigenvalue weighted by Crippen LogP contribution is -2.36. The van der Waals surface area contributed by atoms with Crippen LogP contribution in [0.3, 0.4) is 0 Å². The van der Waals surface area contributed by atoms with Gasteiger partial charge in [0.2, 0.25) is 0 Å². The van der Waals surface area contributed by atoms with E-state index in [4.69, 9.17) is 5.11 Å². The summed E-state index contributed by atoms with van der Waals surface area (Å²) in [4.78, 5) is 24.1. The number of aromatic nitrogens is 4. The fraction of sp³-hybridized carbons (Fsp3) is 0.308. The molecule has 1 aromatic carbocycles. The van der Waals surface area contributed by atoms with Crippen molar-refractivity contribution in [2.24, 2.45) is 5.92 Å². The highest BCUT2D eigenvalue weighted by Crippen LogP contribution is 2.12. The van der Waals surface area contributed by atoms with Gasteiger partial charge in [0.05, 0.1) is 11.6 Å². The van der Waals surface area contributed by atoms with Gasteiger partial charge in [-0.25, -0.2) is 9.48 Å². The van der Waals surface area contributed by atoms with Gasteiger partial charge in [0.15, 0.2) is 0 Å². The number of anilines is 1. The van der Waals surface area contributed by atoms with Crippen molar-refractivity contribution in [2.45, 2.75) is 6.92 Å². The van der Waals surface area contributed by atoms with E-state index < -0.39 is 11.9 Å². The zero-order valence-electron chi connectivity index (χ0n) is 12.2. The van der Waals surface area contributed by atoms with E-state index in [0.29, 0.717) is 5.69 Å². The highest BCUT2D eigenvalue weighted by atomic mass is 16.4. The van der Waals surface area contributed by atoms with Crippen molar-refractivity contribution in [3.63, 3.8) is 0 Å². The van der Waals surface area contributed by atoms with Gasteiger partial charge in [0.1, 0.15) is 6.33 Å². The van der Waals surface area contributed by atoms with Crippen LogP contribution < -0.4 is 5.32 Å². The highest BCUT2D eigenvalue weighted by Gasteiger charge is 2.17. The smallest absolute Gasteiger partial charge is 0.321 e. The molecule has 9 heteroatoms. The van der Waals surface area contributed by atoms with Crippen LogP contribution in [-0.2, 0) is 4.79 Å². The van der Waals surface area contributed by atoms with E-state index in [9.17, 15) is 9.59 Å². The number of hydrogen-bond donors (Lipinski definition) is 2. The average molecular weight is 304 g/mol. The Morgan fingerprint density at radius 2 is 2.05 bits per heavy atom. The van der Waals surface area contributed by atoms with Crippen molar-refractivity contribution in [3.8, 4) is 5.69 Å². The van der Waals surface area contributed by atoms with Gasteiger partial charge in [0, 0.05) is 19.3 Å². The van der Waals surface area contributed by atoms with E-state index in [1.165, 1.54) is 15.9 Å². The van der Waals surface area contributed by atoms with Crippen molar-refractivity contribution in [3.05, 3.63) is 30.6 Å². The number of carboxylic acids is 1. The Morgan fingerprint density at radius 3 is 2.59 bits per heavy atom. The molecule has 2 aromatic rings. The van der Waals surface area contributed by atoms with Crippen LogP contribution in [0.5, 0.6) is 0 Å². The standard InChI is InChI=1S/C13H16N6O3/c1-9(12(20)21)7-18(2)13(22)15-10-3-5-11(6-4-10)19-8-14-16-17-19/h3-6,8-9H,7H2,1-2H3,(H,15,22)(H,20,21). The number of aliphatic carboxylic acids is 1. The quantitative estimate of drug-likeness (QED) is 0.846. The number of carbonyl (C=O) groups is 2. The Bertz CT molecular complexity index is 640. The number of hydrogen-bond acceptors (Lipinski definition) is 5. The summed E-state index contributed by atoms with van der Waals surface area (Å²) in [6.07, 6.45) is 1.47. The molecule has 1 unspecified atom stereocenters. The largest absolute Gasteiger partial charge is 0.481 e. The van der Waals surface area contributed by atoms with E-state index in [1.54, 1.807) is 38.2 Å². The van der Waals surface area contributed by atoms with Gasteiger partial charge in [-0.15, -0.1) is 5.10 Å². The summed E-state index contributed by atoms with van der Waals surface area (Å²) >= 11 is 0. The fourth-order valence-corrected chi connectivity index (χ4v) is 1.77. The summed E-state index contributed by atoms with van der Waals surface area (Å²) in [5, 5.41) is 22.4. The summed E-state index contributed by atoms with van der Waals surface area (Å²) in [6.45, 7) is 1.68. The Labute approximate surface area is 126 Å². The Balaban J connectivity index is 1.95. The molecule has 1 aromatic heterocycles. The number of urea groups is 1. The third kappa shape index (κ3) is 3.78. The van der Waals surface area contributed by atoms with E-state index in [0.717, 1.165) is 5.69 Å². The van der Waals surface area contributed by atoms with Crippen LogP contribution in [0.15, 0.2) is 30.6 Å². The van der Waals surface area contributed by atoms with Gasteiger partial charge in [-0.05, 0) is 34.7 Å². The van der Waals surface area contributed by atoms with Gasteiger partial charge < -0.3 is 15.3 Å². The monoisotopic (exact) mass is 304 g/mol. The number of carbonyl (C=O) groups excluding carboxylic acids is 1. The Kier molecular flexibility index (Phi) is 4.66. The third-order valence-electron chi connectivity index (χ3n) is 3.05. The molecular formula is C13H16N6O3. The van der Waals surface area contributed by atoms with E-state index in [1.807, 2.05) is 0 Å². The van der Waals surface area contributed by atoms with Gasteiger partial charge in [-0.1, -0.05) is 6.92 Å². The van der Waals surface area contributed by atoms with Gasteiger partial charge >= 0.3 is 12.0 Å². The molecule has 116 valence electrons. The molecule has 2 amide bonds. The molecule has 0 aliphatic rings. The molecule has 0 aliphatic heterocycles. The van der Waals surface area contributed by atoms with Crippen LogP contribution in [-0.4, -0.2) is 55.8 Å². The zero-order valence-corrected chi connectivity index (χ0v) is 12.2. The van der Waals surface area contributed by atoms with Crippen molar-refractivity contribution < 1.29 is 14.7 Å². The van der Waals surface area contributed by atoms with Gasteiger partial charge in [-0.3, -0.25) is 4.79 Å². The van der Waals surface area contributed by atoms with E-state index >= 15 is 0 Å². The number of nitrogens with one attached hydrogen (secondary N) is 1. The van der Waals surface area contributed by atoms with Gasteiger partial charge in [0.25, 0.3) is 0 Å². The molecule has 0 bridgehead atoms. The molecule has 0 spiro atoms. The average Bonchev–Trinajstić information content (AvgIpc) is 3.02. The summed E-state index contributed by atoms with van der Waals surface area (Å²) in [7, 11) is 1.55. The second-order valence-corrected chi connectivity index (χ2v) is 4.85. The lowest BCUT2D eigenvalue weighted by Gasteiger charge is -2.20. The first-order chi connectivity index (χ1) is 10.5. The summed E-state index contributed by atoms with van der Waals surface area (Å²) in [5.74, 6) is -1.57. The number of tetrazole rings is 1. The number of carboxylic acid groups (broad SMARTS) is 1. The molecule has 0 saturated carbocycles. The molecule has 0 fully saturated rings. The van der Waals surface area contributed by atoms with Crippen LogP contribution in [0.4, 0.5) is 10.5 Å². The lowest BCUT2D eigenvalue weighted by molar-refractivity contribution is -0.141. The minimum absolute atomic E-state index is 0.129. The molecule has 9 nitrogen and oxygen atoms in total. The third-order valence-corrected chi connectivity index (χ3v) is 3.05. The highest BCUT2D eigenvalue weighted by molar-refractivity contribution is 5.89. The maximum absolute atomic E-state index is 12.0. The molecule has 1 atom stereocenters. The molecule has 0 radical (unpaired) electrons. The lowest BCUT2D eigenvalue weighted by atomic mass is 10.2. The van der Waals surface area contributed by atoms with Crippen molar-refractivity contribution in [1.29, 1.82) is 0 Å². The molecular weight excluding hydrogens is 288 g/mol. The molecule has 1 heterocycles. The van der Waals surface area contributed by atoms with Gasteiger partial charge in [-0.2, -0.15) is 0 Å². The molecule has 2 rings (SSSR count). The molecule has 0 saturated heterocycles. The second-order valence-electron chi connectivity index (χ2n) is 4.85. The predicted molar refractivity (Wildman–Crippen MR) is 77.6 cm³/mol. The second kappa shape index (κ2) is 6.66. The van der Waals surface area contributed by atoms with Crippen LogP contribution >= 0.6 is 0 Å². The normalized spacial score (nSPS) is 11.7. The SMILES string of the molecule is CC(CN(C)C(=O)Nc1ccc(-n2cnnn2)cc1)C(=O)O. The topological polar surface area (TPSA) is 113 Å². The number of amides is 2. The predicted octanol–water partition coefficient (Wildman–Crippen LogP) is 0.847. The van der Waals surface area contributed by atoms with Crippen LogP contribution in [0.1, 0.15) is 6.92 Å². The minimum atomic E-state index is -0.939. The first-order valence-corrected chi connectivity index (χ1v) is 6.55. The Morgan fingerprint density at radius 1 is 1.36 bits per heavy atom. The van der Waals surface area contributed by atoms with Crippen molar-refractivity contribution in [1.82, 2.24) is 25.1 Å². The minimum Gasteiger partial charge on any atom is -0.481 e. The number of rotatable bonds is 5. The van der Waals surface area contributed by atoms with Crippen LogP contribution in [0.25, 0.3) is 5.69 Å². The number of nitrogens with zero attached hydrogens (tertiary/aromatic N) is 5. The first kappa shape index (κ1) is 15.4. The van der Waals surface area contributed by atoms with Crippen molar-refractivity contribution >= 4 is 17.7 Å². The first-order valence-electron chi connectivity index (χ1n) is 6.55. The van der Waals surface area contributed by atoms with E-state index in [-0.39, 0.29) is 12.6 Å². The maximum atomic E-state index is 12.0. The Hall–Kier alpha value is -2.97. The van der Waals surface area contributed by atoms with Crippen LogP contribution in [0.2, 0.25) is 0 Å². The fourth-order valence-electron chi connectivity index (χ4n) is 1.77. The maximum Gasteiger partial charge on any atom is 0.321 e. The molecule has 0 aliphatic carbocycles. The zero-order chi connectivity index (χ0) is 16.1.